The van der Waals surface area contributed by atoms with Crippen LogP contribution in [0.4, 0.5) is 0 Å². The molecule has 0 radical (unpaired) electrons. The highest BCUT2D eigenvalue weighted by Crippen LogP contribution is 1.99. The van der Waals surface area contributed by atoms with Crippen LogP contribution in [0.25, 0.3) is 0 Å². The van der Waals surface area contributed by atoms with Gasteiger partial charge in [0.15, 0.2) is 0 Å². The fourth-order valence-electron chi connectivity index (χ4n) is 1.40. The molecule has 1 saturated heterocycles. The predicted molar refractivity (Wildman–Crippen MR) is 45.9 cm³/mol. The number of nitrogens with zero attached hydrogens (tertiary/aromatic N) is 1. The monoisotopic (exact) mass is 172 g/mol. The Morgan fingerprint density at radius 2 is 2.50 bits per heavy atom. The van der Waals surface area contributed by atoms with Crippen molar-refractivity contribution >= 4 is 5.97 Å². The van der Waals surface area contributed by atoms with Gasteiger partial charge in [0, 0.05) is 19.6 Å². The topological polar surface area (TPSA) is 41.6 Å². The summed E-state index contributed by atoms with van der Waals surface area (Å²) >= 11 is 0. The van der Waals surface area contributed by atoms with E-state index in [1.807, 2.05) is 0 Å². The van der Waals surface area contributed by atoms with Gasteiger partial charge in [0.05, 0.1) is 7.11 Å². The van der Waals surface area contributed by atoms with Crippen LogP contribution in [0, 0.1) is 0 Å². The number of likely N-dealkylation sites (N-methyl/N-ethyl adjacent to an activating group) is 1. The molecule has 0 amide bonds. The van der Waals surface area contributed by atoms with Crippen LogP contribution in [-0.2, 0) is 9.53 Å². The van der Waals surface area contributed by atoms with Crippen LogP contribution >= 0.6 is 0 Å². The smallest absolute Gasteiger partial charge is 0.324 e. The molecule has 0 bridgehead atoms. The normalized spacial score (nSPS) is 25.3. The maximum atomic E-state index is 11.1. The number of carbonyl (C=O) groups is 1. The van der Waals surface area contributed by atoms with Gasteiger partial charge in [-0.3, -0.25) is 4.79 Å². The minimum atomic E-state index is -0.159. The summed E-state index contributed by atoms with van der Waals surface area (Å²) in [6.07, 6.45) is 0. The van der Waals surface area contributed by atoms with Crippen molar-refractivity contribution in [3.63, 3.8) is 0 Å². The van der Waals surface area contributed by atoms with E-state index in [0.717, 1.165) is 26.2 Å². The van der Waals surface area contributed by atoms with Crippen molar-refractivity contribution in [2.24, 2.45) is 0 Å². The van der Waals surface area contributed by atoms with Gasteiger partial charge in [0.2, 0.25) is 0 Å². The lowest BCUT2D eigenvalue weighted by molar-refractivity contribution is -0.144. The van der Waals surface area contributed by atoms with Gasteiger partial charge >= 0.3 is 5.97 Å². The van der Waals surface area contributed by atoms with E-state index in [1.165, 1.54) is 7.11 Å². The summed E-state index contributed by atoms with van der Waals surface area (Å²) in [5.41, 5.74) is 0. The van der Waals surface area contributed by atoms with E-state index in [-0.39, 0.29) is 12.0 Å². The zero-order chi connectivity index (χ0) is 8.97. The van der Waals surface area contributed by atoms with E-state index < -0.39 is 0 Å². The molecule has 1 atom stereocenters. The summed E-state index contributed by atoms with van der Waals surface area (Å²) in [4.78, 5) is 13.4. The summed E-state index contributed by atoms with van der Waals surface area (Å²) in [5.74, 6) is -0.159. The Balaban J connectivity index is 2.40. The second kappa shape index (κ2) is 4.42. The molecule has 0 aromatic heterocycles. The van der Waals surface area contributed by atoms with E-state index in [0.29, 0.717) is 0 Å². The molecule has 4 nitrogen and oxygen atoms in total. The molecule has 0 spiro atoms. The van der Waals surface area contributed by atoms with Crippen LogP contribution in [0.15, 0.2) is 0 Å². The lowest BCUT2D eigenvalue weighted by Gasteiger charge is -2.31. The number of hydrogen-bond acceptors (Lipinski definition) is 4. The first kappa shape index (κ1) is 9.48. The first-order chi connectivity index (χ1) is 5.77. The largest absolute Gasteiger partial charge is 0.468 e. The standard InChI is InChI=1S/C8H16N2O2/c1-3-10-5-4-9-7(6-10)8(11)12-2/h7,9H,3-6H2,1-2H3. The number of rotatable bonds is 2. The van der Waals surface area contributed by atoms with Crippen molar-refractivity contribution in [3.05, 3.63) is 0 Å². The second-order valence-electron chi connectivity index (χ2n) is 2.92. The van der Waals surface area contributed by atoms with Gasteiger partial charge < -0.3 is 15.0 Å². The highest BCUT2D eigenvalue weighted by Gasteiger charge is 2.24. The maximum Gasteiger partial charge on any atom is 0.324 e. The van der Waals surface area contributed by atoms with Gasteiger partial charge in [-0.2, -0.15) is 0 Å². The third kappa shape index (κ3) is 2.19. The number of methoxy groups -OCH3 is 1. The number of esters is 1. The Morgan fingerprint density at radius 1 is 1.75 bits per heavy atom. The molecule has 1 aliphatic heterocycles. The van der Waals surface area contributed by atoms with Crippen LogP contribution in [0.3, 0.4) is 0 Å². The Morgan fingerprint density at radius 3 is 3.08 bits per heavy atom. The lowest BCUT2D eigenvalue weighted by atomic mass is 10.2. The maximum absolute atomic E-state index is 11.1. The summed E-state index contributed by atoms with van der Waals surface area (Å²) in [7, 11) is 1.43. The number of piperazine rings is 1. The quantitative estimate of drug-likeness (QED) is 0.568. The van der Waals surface area contributed by atoms with Crippen molar-refractivity contribution in [3.8, 4) is 0 Å². The average Bonchev–Trinajstić information content (AvgIpc) is 2.17. The van der Waals surface area contributed by atoms with Crippen molar-refractivity contribution in [2.45, 2.75) is 13.0 Å². The van der Waals surface area contributed by atoms with E-state index in [4.69, 9.17) is 0 Å². The Kier molecular flexibility index (Phi) is 3.49. The van der Waals surface area contributed by atoms with Crippen molar-refractivity contribution in [2.75, 3.05) is 33.3 Å². The summed E-state index contributed by atoms with van der Waals surface area (Å²) in [5, 5.41) is 3.12. The van der Waals surface area contributed by atoms with Crippen LogP contribution in [0.2, 0.25) is 0 Å². The average molecular weight is 172 g/mol. The minimum absolute atomic E-state index is 0.135. The molecule has 12 heavy (non-hydrogen) atoms. The molecule has 0 saturated carbocycles. The number of hydrogen-bond donors (Lipinski definition) is 1. The number of carbonyl (C=O) groups excluding carboxylic acids is 1. The Labute approximate surface area is 72.9 Å². The van der Waals surface area contributed by atoms with Crippen LogP contribution in [0.5, 0.6) is 0 Å². The van der Waals surface area contributed by atoms with Gasteiger partial charge in [-0.15, -0.1) is 0 Å². The van der Waals surface area contributed by atoms with Gasteiger partial charge in [-0.25, -0.2) is 0 Å². The molecule has 70 valence electrons. The summed E-state index contributed by atoms with van der Waals surface area (Å²) < 4.78 is 4.65. The van der Waals surface area contributed by atoms with Crippen LogP contribution < -0.4 is 5.32 Å². The Hall–Kier alpha value is -0.610. The van der Waals surface area contributed by atoms with E-state index in [2.05, 4.69) is 21.9 Å². The molecule has 1 aliphatic rings. The predicted octanol–water partition coefficient (Wildman–Crippen LogP) is -0.547. The molecule has 0 aromatic carbocycles. The van der Waals surface area contributed by atoms with E-state index in [9.17, 15) is 4.79 Å². The van der Waals surface area contributed by atoms with Crippen LogP contribution in [-0.4, -0.2) is 50.2 Å². The third-order valence-corrected chi connectivity index (χ3v) is 2.19. The SMILES string of the molecule is CCN1CCNC(C(=O)OC)C1. The van der Waals surface area contributed by atoms with Gasteiger partial charge in [0.25, 0.3) is 0 Å². The molecular weight excluding hydrogens is 156 g/mol. The molecule has 1 rings (SSSR count). The van der Waals surface area contributed by atoms with Crippen molar-refractivity contribution < 1.29 is 9.53 Å². The highest BCUT2D eigenvalue weighted by atomic mass is 16.5. The third-order valence-electron chi connectivity index (χ3n) is 2.19. The number of ether oxygens (including phenoxy) is 1. The molecule has 1 N–H and O–H groups in total. The molecular formula is C8H16N2O2. The second-order valence-corrected chi connectivity index (χ2v) is 2.92. The highest BCUT2D eigenvalue weighted by molar-refractivity contribution is 5.76. The fourth-order valence-corrected chi connectivity index (χ4v) is 1.40. The van der Waals surface area contributed by atoms with Gasteiger partial charge in [0.1, 0.15) is 6.04 Å². The zero-order valence-electron chi connectivity index (χ0n) is 7.67. The lowest BCUT2D eigenvalue weighted by Crippen LogP contribution is -2.54. The zero-order valence-corrected chi connectivity index (χ0v) is 7.67. The number of nitrogens with one attached hydrogen (secondary N) is 1. The molecule has 1 fully saturated rings. The Bertz CT molecular complexity index is 161. The molecule has 1 heterocycles. The summed E-state index contributed by atoms with van der Waals surface area (Å²) in [6.45, 7) is 5.75. The van der Waals surface area contributed by atoms with Crippen molar-refractivity contribution in [1.29, 1.82) is 0 Å². The van der Waals surface area contributed by atoms with Gasteiger partial charge in [-0.05, 0) is 6.54 Å². The first-order valence-corrected chi connectivity index (χ1v) is 4.31. The van der Waals surface area contributed by atoms with Crippen molar-refractivity contribution in [1.82, 2.24) is 10.2 Å². The van der Waals surface area contributed by atoms with Crippen LogP contribution in [0.1, 0.15) is 6.92 Å². The van der Waals surface area contributed by atoms with E-state index >= 15 is 0 Å². The first-order valence-electron chi connectivity index (χ1n) is 4.31. The van der Waals surface area contributed by atoms with Gasteiger partial charge in [-0.1, -0.05) is 6.92 Å². The fraction of sp³-hybridized carbons (Fsp3) is 0.875. The molecule has 0 aromatic rings. The summed E-state index contributed by atoms with van der Waals surface area (Å²) in [6, 6.07) is -0.135. The minimum Gasteiger partial charge on any atom is -0.468 e. The molecule has 4 heteroatoms. The molecule has 0 aliphatic carbocycles. The van der Waals surface area contributed by atoms with E-state index in [1.54, 1.807) is 0 Å². The molecule has 1 unspecified atom stereocenters.